The number of aldehydes is 1. The van der Waals surface area contributed by atoms with Gasteiger partial charge < -0.3 is 10.1 Å². The first kappa shape index (κ1) is 12.8. The van der Waals surface area contributed by atoms with Crippen molar-refractivity contribution in [2.45, 2.75) is 25.3 Å². The molecule has 2 atom stereocenters. The summed E-state index contributed by atoms with van der Waals surface area (Å²) >= 11 is 0. The van der Waals surface area contributed by atoms with Crippen LogP contribution in [0, 0.1) is 5.92 Å². The molecule has 0 heterocycles. The van der Waals surface area contributed by atoms with Crippen LogP contribution in [0.3, 0.4) is 0 Å². The largest absolute Gasteiger partial charge is 0.426 e. The number of hydrogen-bond donors (Lipinski definition) is 1. The van der Waals surface area contributed by atoms with Gasteiger partial charge >= 0.3 is 5.97 Å². The highest BCUT2D eigenvalue weighted by Gasteiger charge is 2.30. The van der Waals surface area contributed by atoms with Crippen molar-refractivity contribution in [1.82, 2.24) is 5.32 Å². The molecule has 1 aliphatic rings. The Bertz CT molecular complexity index is 444. The highest BCUT2D eigenvalue weighted by atomic mass is 16.5. The lowest BCUT2D eigenvalue weighted by Gasteiger charge is -2.11. The molecule has 1 unspecified atom stereocenters. The summed E-state index contributed by atoms with van der Waals surface area (Å²) in [4.78, 5) is 22.8. The molecule has 0 aromatic heterocycles. The van der Waals surface area contributed by atoms with Crippen LogP contribution in [0.5, 0.6) is 5.75 Å². The van der Waals surface area contributed by atoms with E-state index in [0.29, 0.717) is 23.6 Å². The maximum Gasteiger partial charge on any atom is 0.314 e. The third-order valence-corrected chi connectivity index (χ3v) is 3.43. The molecule has 1 N–H and O–H groups in total. The second-order valence-corrected chi connectivity index (χ2v) is 4.57. The predicted octanol–water partition coefficient (Wildman–Crippen LogP) is 1.79. The number of para-hydroxylation sites is 1. The van der Waals surface area contributed by atoms with Crippen molar-refractivity contribution in [3.63, 3.8) is 0 Å². The molecule has 1 fully saturated rings. The third-order valence-electron chi connectivity index (χ3n) is 3.43. The van der Waals surface area contributed by atoms with E-state index >= 15 is 0 Å². The van der Waals surface area contributed by atoms with Crippen LogP contribution in [-0.2, 0) is 4.79 Å². The zero-order valence-electron chi connectivity index (χ0n) is 10.4. The second kappa shape index (κ2) is 5.78. The maximum absolute atomic E-state index is 12.0. The lowest BCUT2D eigenvalue weighted by molar-refractivity contribution is -0.138. The van der Waals surface area contributed by atoms with Gasteiger partial charge in [0.15, 0.2) is 6.29 Å². The summed E-state index contributed by atoms with van der Waals surface area (Å²) in [6.45, 7) is 0. The van der Waals surface area contributed by atoms with Crippen molar-refractivity contribution in [2.24, 2.45) is 5.92 Å². The molecule has 96 valence electrons. The van der Waals surface area contributed by atoms with Gasteiger partial charge in [-0.05, 0) is 38.4 Å². The van der Waals surface area contributed by atoms with Gasteiger partial charge in [-0.2, -0.15) is 0 Å². The maximum atomic E-state index is 12.0. The molecule has 0 amide bonds. The Balaban J connectivity index is 2.01. The highest BCUT2D eigenvalue weighted by molar-refractivity contribution is 5.83. The van der Waals surface area contributed by atoms with Crippen LogP contribution in [-0.4, -0.2) is 25.3 Å². The molecule has 0 spiro atoms. The van der Waals surface area contributed by atoms with Crippen molar-refractivity contribution < 1.29 is 14.3 Å². The van der Waals surface area contributed by atoms with Gasteiger partial charge in [-0.25, -0.2) is 0 Å². The Labute approximate surface area is 106 Å². The molecule has 1 aliphatic carbocycles. The van der Waals surface area contributed by atoms with E-state index in [1.165, 1.54) is 0 Å². The average molecular weight is 247 g/mol. The van der Waals surface area contributed by atoms with E-state index in [2.05, 4.69) is 5.32 Å². The molecule has 1 aromatic rings. The number of hydrogen-bond acceptors (Lipinski definition) is 4. The summed E-state index contributed by atoms with van der Waals surface area (Å²) in [5, 5.41) is 3.17. The number of carbonyl (C=O) groups is 2. The summed E-state index contributed by atoms with van der Waals surface area (Å²) in [5.74, 6) is 0.0506. The van der Waals surface area contributed by atoms with Crippen molar-refractivity contribution in [3.8, 4) is 5.75 Å². The Morgan fingerprint density at radius 3 is 2.83 bits per heavy atom. The lowest BCUT2D eigenvalue weighted by atomic mass is 10.1. The summed E-state index contributed by atoms with van der Waals surface area (Å²) < 4.78 is 5.32. The molecule has 1 saturated carbocycles. The first-order valence-corrected chi connectivity index (χ1v) is 6.17. The van der Waals surface area contributed by atoms with E-state index in [4.69, 9.17) is 4.74 Å². The Morgan fingerprint density at radius 2 is 2.17 bits per heavy atom. The smallest absolute Gasteiger partial charge is 0.314 e. The molecular weight excluding hydrogens is 230 g/mol. The predicted molar refractivity (Wildman–Crippen MR) is 67.7 cm³/mol. The minimum Gasteiger partial charge on any atom is -0.426 e. The van der Waals surface area contributed by atoms with Crippen LogP contribution in [0.15, 0.2) is 24.3 Å². The standard InChI is InChI=1S/C14H17NO3/c1-15-12-7-6-10(8-12)14(17)18-13-5-3-2-4-11(13)9-16/h2-5,9-10,12,15H,6-8H2,1H3/t10-,12?/m1/s1. The molecule has 4 nitrogen and oxygen atoms in total. The fourth-order valence-corrected chi connectivity index (χ4v) is 2.32. The van der Waals surface area contributed by atoms with Gasteiger partial charge in [-0.15, -0.1) is 0 Å². The molecule has 0 saturated heterocycles. The van der Waals surface area contributed by atoms with Crippen molar-refractivity contribution in [2.75, 3.05) is 7.05 Å². The number of rotatable bonds is 4. The van der Waals surface area contributed by atoms with E-state index in [0.717, 1.165) is 19.3 Å². The first-order valence-electron chi connectivity index (χ1n) is 6.17. The molecule has 0 bridgehead atoms. The molecule has 18 heavy (non-hydrogen) atoms. The monoisotopic (exact) mass is 247 g/mol. The quantitative estimate of drug-likeness (QED) is 0.500. The summed E-state index contributed by atoms with van der Waals surface area (Å²) in [6.07, 6.45) is 3.34. The summed E-state index contributed by atoms with van der Waals surface area (Å²) in [5.41, 5.74) is 0.411. The van der Waals surface area contributed by atoms with E-state index in [-0.39, 0.29) is 11.9 Å². The highest BCUT2D eigenvalue weighted by Crippen LogP contribution is 2.27. The zero-order chi connectivity index (χ0) is 13.0. The second-order valence-electron chi connectivity index (χ2n) is 4.57. The van der Waals surface area contributed by atoms with Crippen molar-refractivity contribution >= 4 is 12.3 Å². The molecule has 2 rings (SSSR count). The van der Waals surface area contributed by atoms with Crippen LogP contribution in [0.2, 0.25) is 0 Å². The van der Waals surface area contributed by atoms with Gasteiger partial charge in [0, 0.05) is 6.04 Å². The number of nitrogens with one attached hydrogen (secondary N) is 1. The van der Waals surface area contributed by atoms with Gasteiger partial charge in [0.25, 0.3) is 0 Å². The van der Waals surface area contributed by atoms with Crippen LogP contribution >= 0.6 is 0 Å². The molecule has 0 radical (unpaired) electrons. The van der Waals surface area contributed by atoms with Crippen LogP contribution in [0.25, 0.3) is 0 Å². The Hall–Kier alpha value is -1.68. The van der Waals surface area contributed by atoms with Gasteiger partial charge in [-0.3, -0.25) is 9.59 Å². The SMILES string of the molecule is CNC1CC[C@@H](C(=O)Oc2ccccc2C=O)C1. The first-order chi connectivity index (χ1) is 8.74. The number of benzene rings is 1. The topological polar surface area (TPSA) is 55.4 Å². The van der Waals surface area contributed by atoms with Crippen LogP contribution in [0.1, 0.15) is 29.6 Å². The number of esters is 1. The minimum atomic E-state index is -0.234. The number of ether oxygens (including phenoxy) is 1. The number of carbonyl (C=O) groups excluding carboxylic acids is 2. The Morgan fingerprint density at radius 1 is 1.39 bits per heavy atom. The van der Waals surface area contributed by atoms with Crippen molar-refractivity contribution in [1.29, 1.82) is 0 Å². The van der Waals surface area contributed by atoms with Gasteiger partial charge in [-0.1, -0.05) is 12.1 Å². The van der Waals surface area contributed by atoms with E-state index in [9.17, 15) is 9.59 Å². The van der Waals surface area contributed by atoms with Gasteiger partial charge in [0.05, 0.1) is 11.5 Å². The zero-order valence-corrected chi connectivity index (χ0v) is 10.4. The lowest BCUT2D eigenvalue weighted by Crippen LogP contribution is -2.24. The minimum absolute atomic E-state index is 0.0674. The average Bonchev–Trinajstić information content (AvgIpc) is 2.88. The van der Waals surface area contributed by atoms with Crippen LogP contribution < -0.4 is 10.1 Å². The normalized spacial score (nSPS) is 22.7. The fraction of sp³-hybridized carbons (Fsp3) is 0.429. The molecule has 4 heteroatoms. The summed E-state index contributed by atoms with van der Waals surface area (Å²) in [6, 6.07) is 7.17. The van der Waals surface area contributed by atoms with Gasteiger partial charge in [0.2, 0.25) is 0 Å². The van der Waals surface area contributed by atoms with Crippen molar-refractivity contribution in [3.05, 3.63) is 29.8 Å². The van der Waals surface area contributed by atoms with E-state index in [1.54, 1.807) is 24.3 Å². The van der Waals surface area contributed by atoms with Gasteiger partial charge in [0.1, 0.15) is 5.75 Å². The fourth-order valence-electron chi connectivity index (χ4n) is 2.32. The Kier molecular flexibility index (Phi) is 4.10. The third kappa shape index (κ3) is 2.76. The molecular formula is C14H17NO3. The van der Waals surface area contributed by atoms with Crippen LogP contribution in [0.4, 0.5) is 0 Å². The molecule has 1 aromatic carbocycles. The van der Waals surface area contributed by atoms with E-state index in [1.807, 2.05) is 7.05 Å². The summed E-state index contributed by atoms with van der Waals surface area (Å²) in [7, 11) is 1.90. The molecule has 0 aliphatic heterocycles. The van der Waals surface area contributed by atoms with E-state index < -0.39 is 0 Å².